The van der Waals surface area contributed by atoms with E-state index in [9.17, 15) is 9.59 Å². The molecule has 0 unspecified atom stereocenters. The molecule has 0 spiro atoms. The molecule has 0 amide bonds. The zero-order chi connectivity index (χ0) is 15.9. The summed E-state index contributed by atoms with van der Waals surface area (Å²) in [5.41, 5.74) is 0.737. The van der Waals surface area contributed by atoms with E-state index in [1.54, 1.807) is 13.1 Å². The van der Waals surface area contributed by atoms with E-state index >= 15 is 0 Å². The molecule has 1 rings (SSSR count). The molecule has 0 fully saturated rings. The molecule has 1 aromatic rings. The van der Waals surface area contributed by atoms with Crippen LogP contribution in [0.1, 0.15) is 32.9 Å². The van der Waals surface area contributed by atoms with Gasteiger partial charge in [0.1, 0.15) is 13.2 Å². The fourth-order valence-electron chi connectivity index (χ4n) is 1.68. The van der Waals surface area contributed by atoms with Crippen molar-refractivity contribution in [2.75, 3.05) is 13.2 Å². The zero-order valence-electron chi connectivity index (χ0n) is 12.7. The maximum atomic E-state index is 11.8. The zero-order valence-corrected chi connectivity index (χ0v) is 12.7. The van der Waals surface area contributed by atoms with Crippen LogP contribution in [0.5, 0.6) is 0 Å². The quantitative estimate of drug-likeness (QED) is 0.438. The average molecular weight is 291 g/mol. The van der Waals surface area contributed by atoms with Gasteiger partial charge in [-0.1, -0.05) is 26.5 Å². The number of hydrogen-bond donors (Lipinski definition) is 0. The van der Waals surface area contributed by atoms with Gasteiger partial charge >= 0.3 is 11.9 Å². The summed E-state index contributed by atoms with van der Waals surface area (Å²) in [5, 5.41) is 0. The number of esters is 2. The van der Waals surface area contributed by atoms with Gasteiger partial charge in [-0.15, -0.1) is 0 Å². The molecule has 0 aliphatic rings. The molecular formula is C16H21NO4. The number of nitrogens with zero attached hydrogens (tertiary/aromatic N) is 1. The Labute approximate surface area is 125 Å². The van der Waals surface area contributed by atoms with E-state index in [2.05, 4.69) is 11.6 Å². The highest BCUT2D eigenvalue weighted by Gasteiger charge is 2.26. The smallest absolute Gasteiger partial charge is 0.333 e. The van der Waals surface area contributed by atoms with Crippen LogP contribution in [-0.4, -0.2) is 30.1 Å². The predicted molar refractivity (Wildman–Crippen MR) is 78.6 cm³/mol. The topological polar surface area (TPSA) is 65.5 Å². The summed E-state index contributed by atoms with van der Waals surface area (Å²) < 4.78 is 9.90. The first kappa shape index (κ1) is 16.9. The first-order valence-corrected chi connectivity index (χ1v) is 6.72. The van der Waals surface area contributed by atoms with E-state index < -0.39 is 11.4 Å². The summed E-state index contributed by atoms with van der Waals surface area (Å²) >= 11 is 0. The van der Waals surface area contributed by atoms with Gasteiger partial charge in [0.25, 0.3) is 0 Å². The monoisotopic (exact) mass is 291 g/mol. The average Bonchev–Trinajstić information content (AvgIpc) is 2.43. The van der Waals surface area contributed by atoms with Crippen LogP contribution in [0.15, 0.2) is 36.5 Å². The Bertz CT molecular complexity index is 508. The number of aromatic nitrogens is 1. The minimum atomic E-state index is -0.486. The second kappa shape index (κ2) is 7.57. The van der Waals surface area contributed by atoms with Crippen molar-refractivity contribution in [2.24, 2.45) is 0 Å². The van der Waals surface area contributed by atoms with Crippen LogP contribution >= 0.6 is 0 Å². The molecule has 0 radical (unpaired) electrons. The standard InChI is InChI=1S/C16H21NO4/c1-12(2)15(19)21-10-9-20-14(18)11-16(3,4)13-7-5-6-8-17-13/h5-8H,1,9-11H2,2-4H3. The fourth-order valence-corrected chi connectivity index (χ4v) is 1.68. The molecular weight excluding hydrogens is 270 g/mol. The number of rotatable bonds is 7. The maximum absolute atomic E-state index is 11.8. The molecule has 5 heteroatoms. The Morgan fingerprint density at radius 2 is 1.90 bits per heavy atom. The van der Waals surface area contributed by atoms with Gasteiger partial charge in [0.05, 0.1) is 6.42 Å². The molecule has 0 saturated heterocycles. The SMILES string of the molecule is C=C(C)C(=O)OCCOC(=O)CC(C)(C)c1ccccn1. The predicted octanol–water partition coefficient (Wildman–Crippen LogP) is 2.41. The third kappa shape index (κ3) is 5.77. The van der Waals surface area contributed by atoms with Gasteiger partial charge in [0, 0.05) is 22.9 Å². The maximum Gasteiger partial charge on any atom is 0.333 e. The van der Waals surface area contributed by atoms with Gasteiger partial charge in [-0.05, 0) is 19.1 Å². The Hall–Kier alpha value is -2.17. The lowest BCUT2D eigenvalue weighted by molar-refractivity contribution is -0.151. The van der Waals surface area contributed by atoms with Gasteiger partial charge in [0.15, 0.2) is 0 Å². The second-order valence-electron chi connectivity index (χ2n) is 5.41. The van der Waals surface area contributed by atoms with Gasteiger partial charge in [-0.2, -0.15) is 0 Å². The summed E-state index contributed by atoms with van der Waals surface area (Å²) in [6.45, 7) is 8.94. The largest absolute Gasteiger partial charge is 0.462 e. The first-order chi connectivity index (χ1) is 9.83. The van der Waals surface area contributed by atoms with E-state index in [1.165, 1.54) is 0 Å². The van der Waals surface area contributed by atoms with E-state index in [1.807, 2.05) is 32.0 Å². The molecule has 0 atom stereocenters. The summed E-state index contributed by atoms with van der Waals surface area (Å²) in [6, 6.07) is 5.59. The van der Waals surface area contributed by atoms with Gasteiger partial charge in [-0.3, -0.25) is 9.78 Å². The molecule has 0 N–H and O–H groups in total. The van der Waals surface area contributed by atoms with Crippen molar-refractivity contribution in [1.29, 1.82) is 0 Å². The second-order valence-corrected chi connectivity index (χ2v) is 5.41. The van der Waals surface area contributed by atoms with Crippen molar-refractivity contribution in [3.05, 3.63) is 42.2 Å². The Morgan fingerprint density at radius 1 is 1.24 bits per heavy atom. The highest BCUT2D eigenvalue weighted by molar-refractivity contribution is 5.86. The van der Waals surface area contributed by atoms with E-state index in [0.717, 1.165) is 5.69 Å². The third-order valence-electron chi connectivity index (χ3n) is 2.87. The number of pyridine rings is 1. The molecule has 0 aromatic carbocycles. The van der Waals surface area contributed by atoms with Crippen LogP contribution in [0.3, 0.4) is 0 Å². The van der Waals surface area contributed by atoms with Crippen molar-refractivity contribution in [1.82, 2.24) is 4.98 Å². The molecule has 0 aliphatic heterocycles. The summed E-state index contributed by atoms with van der Waals surface area (Å²) in [4.78, 5) is 27.2. The van der Waals surface area contributed by atoms with Crippen molar-refractivity contribution >= 4 is 11.9 Å². The van der Waals surface area contributed by atoms with Gasteiger partial charge in [-0.25, -0.2) is 4.79 Å². The van der Waals surface area contributed by atoms with E-state index in [-0.39, 0.29) is 25.6 Å². The Balaban J connectivity index is 2.37. The Morgan fingerprint density at radius 3 is 2.48 bits per heavy atom. The highest BCUT2D eigenvalue weighted by atomic mass is 16.6. The lowest BCUT2D eigenvalue weighted by atomic mass is 9.85. The molecule has 114 valence electrons. The number of carbonyl (C=O) groups is 2. The molecule has 5 nitrogen and oxygen atoms in total. The number of ether oxygens (including phenoxy) is 2. The van der Waals surface area contributed by atoms with E-state index in [0.29, 0.717) is 5.57 Å². The molecule has 21 heavy (non-hydrogen) atoms. The summed E-state index contributed by atoms with van der Waals surface area (Å²) in [7, 11) is 0. The first-order valence-electron chi connectivity index (χ1n) is 6.72. The summed E-state index contributed by atoms with van der Waals surface area (Å²) in [6.07, 6.45) is 1.90. The number of carbonyl (C=O) groups excluding carboxylic acids is 2. The molecule has 0 bridgehead atoms. The van der Waals surface area contributed by atoms with Crippen LogP contribution in [0, 0.1) is 0 Å². The summed E-state index contributed by atoms with van der Waals surface area (Å²) in [5.74, 6) is -0.836. The molecule has 1 aromatic heterocycles. The fraction of sp³-hybridized carbons (Fsp3) is 0.438. The van der Waals surface area contributed by atoms with Crippen LogP contribution in [0.2, 0.25) is 0 Å². The van der Waals surface area contributed by atoms with E-state index in [4.69, 9.17) is 9.47 Å². The molecule has 0 saturated carbocycles. The van der Waals surface area contributed by atoms with Crippen molar-refractivity contribution < 1.29 is 19.1 Å². The lowest BCUT2D eigenvalue weighted by Gasteiger charge is -2.22. The minimum Gasteiger partial charge on any atom is -0.462 e. The van der Waals surface area contributed by atoms with Crippen LogP contribution in [0.25, 0.3) is 0 Å². The van der Waals surface area contributed by atoms with Crippen LogP contribution in [-0.2, 0) is 24.5 Å². The third-order valence-corrected chi connectivity index (χ3v) is 2.87. The lowest BCUT2D eigenvalue weighted by Crippen LogP contribution is -2.25. The van der Waals surface area contributed by atoms with Gasteiger partial charge < -0.3 is 9.47 Å². The number of hydrogen-bond acceptors (Lipinski definition) is 5. The van der Waals surface area contributed by atoms with Gasteiger partial charge in [0.2, 0.25) is 0 Å². The molecule has 1 heterocycles. The van der Waals surface area contributed by atoms with Crippen LogP contribution < -0.4 is 0 Å². The van der Waals surface area contributed by atoms with Crippen molar-refractivity contribution in [3.8, 4) is 0 Å². The highest BCUT2D eigenvalue weighted by Crippen LogP contribution is 2.25. The Kier molecular flexibility index (Phi) is 6.09. The van der Waals surface area contributed by atoms with Crippen molar-refractivity contribution in [2.45, 2.75) is 32.6 Å². The normalized spacial score (nSPS) is 10.8. The molecule has 0 aliphatic carbocycles. The van der Waals surface area contributed by atoms with Crippen molar-refractivity contribution in [3.63, 3.8) is 0 Å². The minimum absolute atomic E-state index is 0.0292. The van der Waals surface area contributed by atoms with Crippen LogP contribution in [0.4, 0.5) is 0 Å².